The van der Waals surface area contributed by atoms with Gasteiger partial charge in [0.1, 0.15) is 5.76 Å². The zero-order valence-electron chi connectivity index (χ0n) is 16.3. The second kappa shape index (κ2) is 11.0. The summed E-state index contributed by atoms with van der Waals surface area (Å²) in [5, 5.41) is 11.1. The number of piperidine rings is 1. The van der Waals surface area contributed by atoms with Crippen LogP contribution in [0.3, 0.4) is 0 Å². The molecule has 7 heteroatoms. The van der Waals surface area contributed by atoms with Gasteiger partial charge in [-0.3, -0.25) is 4.99 Å². The predicted octanol–water partition coefficient (Wildman–Crippen LogP) is 3.05. The molecular formula is C18H34IN5O. The van der Waals surface area contributed by atoms with Gasteiger partial charge in [-0.1, -0.05) is 19.0 Å². The fourth-order valence-electron chi connectivity index (χ4n) is 3.55. The summed E-state index contributed by atoms with van der Waals surface area (Å²) < 4.78 is 5.27. The van der Waals surface area contributed by atoms with Crippen molar-refractivity contribution in [3.05, 3.63) is 17.0 Å². The van der Waals surface area contributed by atoms with E-state index in [0.717, 1.165) is 24.0 Å². The number of rotatable bonds is 6. The molecule has 144 valence electrons. The number of aliphatic imine (C=N–C) groups is 1. The number of nitrogens with one attached hydrogen (secondary N) is 2. The van der Waals surface area contributed by atoms with E-state index in [4.69, 9.17) is 4.52 Å². The minimum absolute atomic E-state index is 0. The number of hydrogen-bond acceptors (Lipinski definition) is 4. The van der Waals surface area contributed by atoms with E-state index < -0.39 is 0 Å². The minimum atomic E-state index is 0. The molecule has 1 atom stereocenters. The van der Waals surface area contributed by atoms with Crippen molar-refractivity contribution >= 4 is 29.9 Å². The minimum Gasteiger partial charge on any atom is -0.361 e. The first-order valence-electron chi connectivity index (χ1n) is 9.17. The molecule has 2 heterocycles. The van der Waals surface area contributed by atoms with Crippen molar-refractivity contribution in [2.45, 2.75) is 58.9 Å². The van der Waals surface area contributed by atoms with E-state index in [1.165, 1.54) is 44.5 Å². The molecule has 25 heavy (non-hydrogen) atoms. The molecule has 1 unspecified atom stereocenters. The number of aryl methyl sites for hydroxylation is 2. The van der Waals surface area contributed by atoms with Crippen LogP contribution >= 0.6 is 24.0 Å². The van der Waals surface area contributed by atoms with Crippen LogP contribution in [0.15, 0.2) is 9.52 Å². The maximum Gasteiger partial charge on any atom is 0.191 e. The fourth-order valence-corrected chi connectivity index (χ4v) is 3.55. The highest BCUT2D eigenvalue weighted by Gasteiger charge is 2.20. The van der Waals surface area contributed by atoms with E-state index in [1.54, 1.807) is 0 Å². The van der Waals surface area contributed by atoms with Crippen molar-refractivity contribution in [2.24, 2.45) is 4.99 Å². The van der Waals surface area contributed by atoms with Gasteiger partial charge in [0, 0.05) is 44.2 Å². The van der Waals surface area contributed by atoms with Crippen molar-refractivity contribution in [2.75, 3.05) is 33.2 Å². The van der Waals surface area contributed by atoms with Gasteiger partial charge in [-0.05, 0) is 39.7 Å². The molecule has 0 bridgehead atoms. The molecule has 0 radical (unpaired) electrons. The van der Waals surface area contributed by atoms with E-state index in [9.17, 15) is 0 Å². The van der Waals surface area contributed by atoms with E-state index in [-0.39, 0.29) is 24.0 Å². The molecule has 0 amide bonds. The predicted molar refractivity (Wildman–Crippen MR) is 114 cm³/mol. The number of nitrogens with zero attached hydrogens (tertiary/aromatic N) is 3. The van der Waals surface area contributed by atoms with Gasteiger partial charge in [-0.15, -0.1) is 24.0 Å². The van der Waals surface area contributed by atoms with E-state index >= 15 is 0 Å². The lowest BCUT2D eigenvalue weighted by Gasteiger charge is -2.33. The van der Waals surface area contributed by atoms with Crippen LogP contribution in [-0.2, 0) is 0 Å². The zero-order chi connectivity index (χ0) is 17.5. The number of aromatic nitrogens is 1. The summed E-state index contributed by atoms with van der Waals surface area (Å²) in [5.74, 6) is 2.14. The number of likely N-dealkylation sites (tertiary alicyclic amines) is 1. The molecular weight excluding hydrogens is 429 g/mol. The highest BCUT2D eigenvalue weighted by Crippen LogP contribution is 2.22. The summed E-state index contributed by atoms with van der Waals surface area (Å²) in [4.78, 5) is 6.93. The molecule has 2 N–H and O–H groups in total. The first-order valence-corrected chi connectivity index (χ1v) is 9.17. The van der Waals surface area contributed by atoms with Gasteiger partial charge in [0.15, 0.2) is 5.96 Å². The summed E-state index contributed by atoms with van der Waals surface area (Å²) >= 11 is 0. The molecule has 0 aromatic carbocycles. The molecule has 2 rings (SSSR count). The molecule has 0 spiro atoms. The van der Waals surface area contributed by atoms with Crippen LogP contribution in [-0.4, -0.2) is 55.3 Å². The summed E-state index contributed by atoms with van der Waals surface area (Å²) in [6.07, 6.45) is 3.60. The maximum absolute atomic E-state index is 5.27. The Morgan fingerprint density at radius 2 is 2.04 bits per heavy atom. The van der Waals surface area contributed by atoms with Crippen molar-refractivity contribution in [1.82, 2.24) is 20.7 Å². The van der Waals surface area contributed by atoms with Crippen LogP contribution in [0.4, 0.5) is 0 Å². The highest BCUT2D eigenvalue weighted by atomic mass is 127. The number of guanidine groups is 1. The van der Waals surface area contributed by atoms with Gasteiger partial charge in [0.25, 0.3) is 0 Å². The van der Waals surface area contributed by atoms with Crippen molar-refractivity contribution < 1.29 is 4.52 Å². The van der Waals surface area contributed by atoms with Crippen LogP contribution in [0, 0.1) is 13.8 Å². The lowest BCUT2D eigenvalue weighted by molar-refractivity contribution is 0.206. The zero-order valence-corrected chi connectivity index (χ0v) is 18.6. The third-order valence-electron chi connectivity index (χ3n) is 4.85. The van der Waals surface area contributed by atoms with Crippen molar-refractivity contribution in [3.8, 4) is 0 Å². The molecule has 1 aliphatic rings. The monoisotopic (exact) mass is 463 g/mol. The molecule has 6 nitrogen and oxygen atoms in total. The van der Waals surface area contributed by atoms with Crippen LogP contribution in [0.25, 0.3) is 0 Å². The third kappa shape index (κ3) is 6.44. The molecule has 0 saturated carbocycles. The molecule has 1 aromatic rings. The topological polar surface area (TPSA) is 65.7 Å². The van der Waals surface area contributed by atoms with E-state index in [0.29, 0.717) is 12.0 Å². The Morgan fingerprint density at radius 3 is 2.56 bits per heavy atom. The fraction of sp³-hybridized carbons (Fsp3) is 0.778. The summed E-state index contributed by atoms with van der Waals surface area (Å²) in [6, 6.07) is 0.513. The van der Waals surface area contributed by atoms with Crippen LogP contribution < -0.4 is 10.6 Å². The third-order valence-corrected chi connectivity index (χ3v) is 4.85. The Morgan fingerprint density at radius 1 is 1.36 bits per heavy atom. The molecule has 1 fully saturated rings. The highest BCUT2D eigenvalue weighted by molar-refractivity contribution is 14.0. The number of halogens is 1. The molecule has 1 aliphatic heterocycles. The summed E-state index contributed by atoms with van der Waals surface area (Å²) in [5.41, 5.74) is 2.18. The first kappa shape index (κ1) is 22.2. The Bertz CT molecular complexity index is 518. The van der Waals surface area contributed by atoms with Gasteiger partial charge in [0.05, 0.1) is 5.69 Å². The molecule has 0 aliphatic carbocycles. The van der Waals surface area contributed by atoms with Crippen LogP contribution in [0.2, 0.25) is 0 Å². The van der Waals surface area contributed by atoms with Crippen molar-refractivity contribution in [3.63, 3.8) is 0 Å². The second-order valence-electron chi connectivity index (χ2n) is 6.85. The van der Waals surface area contributed by atoms with Gasteiger partial charge in [-0.25, -0.2) is 0 Å². The maximum atomic E-state index is 5.27. The quantitative estimate of drug-likeness (QED) is 0.386. The van der Waals surface area contributed by atoms with Gasteiger partial charge >= 0.3 is 0 Å². The van der Waals surface area contributed by atoms with E-state index in [2.05, 4.69) is 39.5 Å². The Kier molecular flexibility index (Phi) is 9.78. The van der Waals surface area contributed by atoms with Gasteiger partial charge in [0.2, 0.25) is 0 Å². The first-order chi connectivity index (χ1) is 11.5. The standard InChI is InChI=1S/C18H33N5O.HI/c1-6-9-23-10-7-16(8-11-23)21-18(19-5)20-12-13(2)17-14(3)22-24-15(17)4;/h13,16H,6-12H2,1-5H3,(H2,19,20,21);1H. The Balaban J connectivity index is 0.00000312. The second-order valence-corrected chi connectivity index (χ2v) is 6.85. The lowest BCUT2D eigenvalue weighted by Crippen LogP contribution is -2.49. The average Bonchev–Trinajstić information content (AvgIpc) is 2.92. The van der Waals surface area contributed by atoms with Crippen LogP contribution in [0.1, 0.15) is 56.0 Å². The summed E-state index contributed by atoms with van der Waals surface area (Å²) in [7, 11) is 1.84. The molecule has 1 saturated heterocycles. The molecule has 1 aromatic heterocycles. The van der Waals surface area contributed by atoms with Crippen molar-refractivity contribution in [1.29, 1.82) is 0 Å². The normalized spacial score (nSPS) is 17.9. The smallest absolute Gasteiger partial charge is 0.191 e. The SMILES string of the molecule is CCCN1CCC(NC(=NC)NCC(C)c2c(C)noc2C)CC1.I. The van der Waals surface area contributed by atoms with Gasteiger partial charge in [-0.2, -0.15) is 0 Å². The average molecular weight is 463 g/mol. The lowest BCUT2D eigenvalue weighted by atomic mass is 9.99. The van der Waals surface area contributed by atoms with Gasteiger partial charge < -0.3 is 20.1 Å². The van der Waals surface area contributed by atoms with E-state index in [1.807, 2.05) is 20.9 Å². The Labute approximate surface area is 169 Å². The number of hydrogen-bond donors (Lipinski definition) is 2. The van der Waals surface area contributed by atoms with Crippen LogP contribution in [0.5, 0.6) is 0 Å². The summed E-state index contributed by atoms with van der Waals surface area (Å²) in [6.45, 7) is 12.8. The Hall–Kier alpha value is -0.830. The largest absolute Gasteiger partial charge is 0.361 e.